The van der Waals surface area contributed by atoms with Crippen molar-refractivity contribution in [3.8, 4) is 0 Å². The van der Waals surface area contributed by atoms with Crippen LogP contribution in [0.25, 0.3) is 22.2 Å². The first-order valence-corrected chi connectivity index (χ1v) is 18.6. The van der Waals surface area contributed by atoms with E-state index in [1.54, 1.807) is 11.5 Å². The first kappa shape index (κ1) is 30.2. The van der Waals surface area contributed by atoms with Crippen LogP contribution in [0.2, 0.25) is 0 Å². The lowest BCUT2D eigenvalue weighted by molar-refractivity contribution is -0.183. The van der Waals surface area contributed by atoms with Crippen molar-refractivity contribution in [1.82, 2.24) is 39.3 Å². The standard InChI is InChI=1S/C22H24N8O11P2S2/c1-9-12-18(24-6-23-9)30(8-25-12)21-16-17-22(39-21,4-35-16)5-37-43(34,45)40-15-14(31)11(3-36-42(33,44)41-17)38-20(15)29-7-26-13-10(29)2-27-28-19(13)32/h2,6-8,11,14-17,20-21,31H,3-5H2,1H3,(H,28,32)(H,33,44)(H,34,45)/t11-,14-,15-,16-,17+,20-,21-,22+,42?,43?/m1/s1. The smallest absolute Gasteiger partial charge is 0.325 e. The summed E-state index contributed by atoms with van der Waals surface area (Å²) in [5.41, 5.74) is 0.00341. The van der Waals surface area contributed by atoms with E-state index < -0.39 is 80.8 Å². The van der Waals surface area contributed by atoms with Crippen LogP contribution >= 0.6 is 13.4 Å². The van der Waals surface area contributed by atoms with Gasteiger partial charge in [-0.1, -0.05) is 0 Å². The molecule has 4 aromatic heterocycles. The zero-order valence-electron chi connectivity index (χ0n) is 22.9. The van der Waals surface area contributed by atoms with Crippen molar-refractivity contribution < 1.29 is 47.2 Å². The number of aliphatic hydroxyl groups excluding tert-OH is 1. The first-order chi connectivity index (χ1) is 21.5. The van der Waals surface area contributed by atoms with Gasteiger partial charge in [0.2, 0.25) is 0 Å². The van der Waals surface area contributed by atoms with Gasteiger partial charge in [-0.25, -0.2) is 25.0 Å². The predicted molar refractivity (Wildman–Crippen MR) is 155 cm³/mol. The third-order valence-electron chi connectivity index (χ3n) is 8.15. The molecule has 0 radical (unpaired) electrons. The summed E-state index contributed by atoms with van der Waals surface area (Å²) in [6.07, 6.45) is -2.34. The van der Waals surface area contributed by atoms with Crippen molar-refractivity contribution >= 4 is 59.2 Å². The van der Waals surface area contributed by atoms with Crippen LogP contribution in [0.4, 0.5) is 0 Å². The van der Waals surface area contributed by atoms with E-state index in [-0.39, 0.29) is 17.6 Å². The van der Waals surface area contributed by atoms with Crippen molar-refractivity contribution in [2.45, 2.75) is 55.5 Å². The number of hydrogen-bond donors (Lipinski definition) is 4. The highest BCUT2D eigenvalue weighted by Gasteiger charge is 2.65. The molecular formula is C22H24N8O11P2S2. The summed E-state index contributed by atoms with van der Waals surface area (Å²) in [7, 11) is 0. The summed E-state index contributed by atoms with van der Waals surface area (Å²) < 4.78 is 45.0. The highest BCUT2D eigenvalue weighted by atomic mass is 32.5. The monoisotopic (exact) mass is 702 g/mol. The maximum Gasteiger partial charge on any atom is 0.325 e. The van der Waals surface area contributed by atoms with E-state index in [2.05, 4.69) is 30.1 Å². The highest BCUT2D eigenvalue weighted by molar-refractivity contribution is 8.07. The van der Waals surface area contributed by atoms with Crippen molar-refractivity contribution in [3.05, 3.63) is 41.2 Å². The van der Waals surface area contributed by atoms with Gasteiger partial charge < -0.3 is 38.2 Å². The molecule has 45 heavy (non-hydrogen) atoms. The Morgan fingerprint density at radius 1 is 1.00 bits per heavy atom. The number of ether oxygens (including phenoxy) is 3. The Bertz CT molecular complexity index is 1980. The molecule has 0 amide bonds. The van der Waals surface area contributed by atoms with Crippen LogP contribution in [-0.4, -0.2) is 110 Å². The average molecular weight is 703 g/mol. The van der Waals surface area contributed by atoms with Crippen LogP contribution in [0.1, 0.15) is 18.1 Å². The van der Waals surface area contributed by atoms with Crippen LogP contribution in [0, 0.1) is 6.92 Å². The van der Waals surface area contributed by atoms with Gasteiger partial charge in [-0.3, -0.25) is 23.0 Å². The second kappa shape index (κ2) is 10.7. The van der Waals surface area contributed by atoms with Crippen molar-refractivity contribution in [2.24, 2.45) is 0 Å². The predicted octanol–water partition coefficient (Wildman–Crippen LogP) is -0.557. The molecule has 0 aliphatic carbocycles. The molecule has 8 rings (SSSR count). The van der Waals surface area contributed by atoms with Crippen LogP contribution in [0.15, 0.2) is 30.0 Å². The second-order valence-corrected chi connectivity index (χ2v) is 16.5. The van der Waals surface area contributed by atoms with Crippen molar-refractivity contribution in [3.63, 3.8) is 0 Å². The number of imidazole rings is 2. The van der Waals surface area contributed by atoms with Gasteiger partial charge in [0.05, 0.1) is 49.9 Å². The summed E-state index contributed by atoms with van der Waals surface area (Å²) in [4.78, 5) is 51.7. The summed E-state index contributed by atoms with van der Waals surface area (Å²) in [5.74, 6) is 0. The zero-order valence-corrected chi connectivity index (χ0v) is 26.3. The van der Waals surface area contributed by atoms with Gasteiger partial charge in [-0.2, -0.15) is 5.10 Å². The number of aromatic amines is 1. The molecule has 2 unspecified atom stereocenters. The largest absolute Gasteiger partial charge is 0.387 e. The number of H-pyrrole nitrogens is 1. The van der Waals surface area contributed by atoms with E-state index in [1.165, 1.54) is 29.7 Å². The molecule has 4 aliphatic heterocycles. The third-order valence-corrected chi connectivity index (χ3v) is 11.2. The Morgan fingerprint density at radius 2 is 1.78 bits per heavy atom. The van der Waals surface area contributed by atoms with Crippen molar-refractivity contribution in [1.29, 1.82) is 0 Å². The molecule has 8 heterocycles. The van der Waals surface area contributed by atoms with E-state index >= 15 is 0 Å². The Balaban J connectivity index is 1.14. The van der Waals surface area contributed by atoms with Crippen LogP contribution in [0.5, 0.6) is 0 Å². The first-order valence-electron chi connectivity index (χ1n) is 13.4. The zero-order chi connectivity index (χ0) is 31.3. The SMILES string of the molecule is Cc1ncnc2c1ncn2[C@@H]1O[C@]23CO[C@@H]1[C@@H]2OP(O)(=S)OC[C@H]1O[C@@H](n2cnc4c(=O)[nH]ncc42)[C@H](OP(O)(=S)OC3)[C@@H]1O. The number of fused-ring (bicyclic) bond motifs is 4. The summed E-state index contributed by atoms with van der Waals surface area (Å²) >= 11 is 10.7. The lowest BCUT2D eigenvalue weighted by Crippen LogP contribution is -2.45. The number of aryl methyl sites for hydroxylation is 1. The van der Waals surface area contributed by atoms with E-state index in [9.17, 15) is 19.7 Å². The fraction of sp³-hybridized carbons (Fsp3) is 0.545. The molecule has 4 aliphatic rings. The topological polar surface area (TPSA) is 232 Å². The minimum atomic E-state index is -4.16. The van der Waals surface area contributed by atoms with Crippen LogP contribution < -0.4 is 5.56 Å². The molecule has 240 valence electrons. The van der Waals surface area contributed by atoms with E-state index in [4.69, 9.17) is 55.9 Å². The molecule has 4 saturated heterocycles. The maximum absolute atomic E-state index is 12.2. The molecule has 0 aromatic carbocycles. The second-order valence-electron chi connectivity index (χ2n) is 10.9. The molecule has 4 N–H and O–H groups in total. The number of aromatic nitrogens is 8. The molecule has 23 heteroatoms. The number of aliphatic hydroxyl groups is 1. The molecule has 0 spiro atoms. The fourth-order valence-electron chi connectivity index (χ4n) is 6.02. The molecule has 0 saturated carbocycles. The highest BCUT2D eigenvalue weighted by Crippen LogP contribution is 2.58. The summed E-state index contributed by atoms with van der Waals surface area (Å²) in [5, 5.41) is 17.3. The van der Waals surface area contributed by atoms with Gasteiger partial charge in [0.1, 0.15) is 48.0 Å². The molecule has 19 nitrogen and oxygen atoms in total. The van der Waals surface area contributed by atoms with Gasteiger partial charge in [0.15, 0.2) is 23.6 Å². The van der Waals surface area contributed by atoms with Crippen LogP contribution in [0.3, 0.4) is 0 Å². The lowest BCUT2D eigenvalue weighted by Gasteiger charge is -2.33. The van der Waals surface area contributed by atoms with Crippen molar-refractivity contribution in [2.75, 3.05) is 19.8 Å². The Morgan fingerprint density at radius 3 is 2.62 bits per heavy atom. The Labute approximate surface area is 261 Å². The fourth-order valence-corrected chi connectivity index (χ4v) is 8.91. The quantitative estimate of drug-likeness (QED) is 0.192. The molecular weight excluding hydrogens is 678 g/mol. The number of rotatable bonds is 2. The van der Waals surface area contributed by atoms with Gasteiger partial charge in [-0.05, 0) is 30.5 Å². The molecule has 4 bridgehead atoms. The van der Waals surface area contributed by atoms with Gasteiger partial charge >= 0.3 is 13.4 Å². The summed E-state index contributed by atoms with van der Waals surface area (Å²) in [6, 6.07) is 0. The minimum Gasteiger partial charge on any atom is -0.387 e. The average Bonchev–Trinajstić information content (AvgIpc) is 3.80. The van der Waals surface area contributed by atoms with Gasteiger partial charge in [0.25, 0.3) is 5.56 Å². The van der Waals surface area contributed by atoms with E-state index in [1.807, 2.05) is 0 Å². The Kier molecular flexibility index (Phi) is 7.14. The molecule has 10 atom stereocenters. The molecule has 4 aromatic rings. The van der Waals surface area contributed by atoms with Gasteiger partial charge in [-0.15, -0.1) is 0 Å². The minimum absolute atomic E-state index is 0.0519. The van der Waals surface area contributed by atoms with E-state index in [0.717, 1.165) is 0 Å². The van der Waals surface area contributed by atoms with Gasteiger partial charge in [0, 0.05) is 0 Å². The lowest BCUT2D eigenvalue weighted by atomic mass is 10.0. The Hall–Kier alpha value is -2.20. The molecule has 4 fully saturated rings. The van der Waals surface area contributed by atoms with Crippen LogP contribution in [-0.2, 0) is 55.9 Å². The number of hydrogen-bond acceptors (Lipinski definition) is 16. The normalized spacial score (nSPS) is 40.3. The number of nitrogens with zero attached hydrogens (tertiary/aromatic N) is 7. The maximum atomic E-state index is 12.2. The van der Waals surface area contributed by atoms with E-state index in [0.29, 0.717) is 16.9 Å². The summed E-state index contributed by atoms with van der Waals surface area (Å²) in [6.45, 7) is -7.36. The number of nitrogens with one attached hydrogen (secondary N) is 1. The third kappa shape index (κ3) is 4.94.